The van der Waals surface area contributed by atoms with Gasteiger partial charge in [0.15, 0.2) is 0 Å². The Bertz CT molecular complexity index is 372. The van der Waals surface area contributed by atoms with Gasteiger partial charge in [-0.15, -0.1) is 0 Å². The fraction of sp³-hybridized carbons (Fsp3) is 0.500. The van der Waals surface area contributed by atoms with E-state index in [0.29, 0.717) is 12.8 Å². The summed E-state index contributed by atoms with van der Waals surface area (Å²) in [7, 11) is 1.61. The molecule has 1 unspecified atom stereocenters. The van der Waals surface area contributed by atoms with Crippen molar-refractivity contribution >= 4 is 11.9 Å². The summed E-state index contributed by atoms with van der Waals surface area (Å²) in [5.41, 5.74) is 0. The molecular weight excluding hydrogens is 222 g/mol. The van der Waals surface area contributed by atoms with Crippen LogP contribution in [0.2, 0.25) is 0 Å². The molecule has 1 heterocycles. The summed E-state index contributed by atoms with van der Waals surface area (Å²) in [5, 5.41) is 8.74. The Morgan fingerprint density at radius 2 is 2.24 bits per heavy atom. The van der Waals surface area contributed by atoms with Crippen LogP contribution >= 0.6 is 0 Å². The first-order valence-corrected chi connectivity index (χ1v) is 5.50. The second-order valence-electron chi connectivity index (χ2n) is 4.09. The monoisotopic (exact) mass is 239 g/mol. The zero-order chi connectivity index (χ0) is 12.8. The molecule has 1 atom stereocenters. The Hall–Kier alpha value is -1.78. The van der Waals surface area contributed by atoms with Crippen LogP contribution in [0.4, 0.5) is 0 Å². The van der Waals surface area contributed by atoms with Crippen LogP contribution in [-0.4, -0.2) is 35.5 Å². The molecule has 0 aromatic carbocycles. The number of furan rings is 1. The molecule has 1 amide bonds. The van der Waals surface area contributed by atoms with Crippen LogP contribution in [-0.2, 0) is 16.0 Å². The van der Waals surface area contributed by atoms with Crippen molar-refractivity contribution in [3.63, 3.8) is 0 Å². The minimum atomic E-state index is -0.893. The van der Waals surface area contributed by atoms with Crippen molar-refractivity contribution < 1.29 is 19.1 Å². The number of carbonyl (C=O) groups excluding carboxylic acids is 1. The molecule has 1 rings (SSSR count). The van der Waals surface area contributed by atoms with Gasteiger partial charge in [0.1, 0.15) is 5.76 Å². The van der Waals surface area contributed by atoms with Gasteiger partial charge in [0.05, 0.1) is 12.2 Å². The molecule has 0 saturated heterocycles. The van der Waals surface area contributed by atoms with Gasteiger partial charge >= 0.3 is 5.97 Å². The van der Waals surface area contributed by atoms with Crippen molar-refractivity contribution in [2.24, 2.45) is 5.92 Å². The summed E-state index contributed by atoms with van der Waals surface area (Å²) < 4.78 is 5.12. The average molecular weight is 239 g/mol. The van der Waals surface area contributed by atoms with Gasteiger partial charge in [0, 0.05) is 26.4 Å². The second kappa shape index (κ2) is 6.08. The lowest BCUT2D eigenvalue weighted by Gasteiger charge is -2.19. The zero-order valence-electron chi connectivity index (χ0n) is 10.0. The van der Waals surface area contributed by atoms with Crippen molar-refractivity contribution in [1.82, 2.24) is 4.90 Å². The topological polar surface area (TPSA) is 70.8 Å². The molecule has 0 aliphatic carbocycles. The molecule has 0 fully saturated rings. The molecule has 5 heteroatoms. The van der Waals surface area contributed by atoms with Crippen molar-refractivity contribution in [3.05, 3.63) is 24.2 Å². The Balaban J connectivity index is 2.34. The van der Waals surface area contributed by atoms with Gasteiger partial charge in [-0.05, 0) is 12.1 Å². The van der Waals surface area contributed by atoms with Crippen molar-refractivity contribution in [2.75, 3.05) is 13.6 Å². The van der Waals surface area contributed by atoms with Crippen molar-refractivity contribution in [1.29, 1.82) is 0 Å². The van der Waals surface area contributed by atoms with E-state index in [4.69, 9.17) is 9.52 Å². The number of hydrogen-bond donors (Lipinski definition) is 1. The van der Waals surface area contributed by atoms with E-state index >= 15 is 0 Å². The number of amides is 1. The average Bonchev–Trinajstić information content (AvgIpc) is 2.78. The summed E-state index contributed by atoms with van der Waals surface area (Å²) in [6.07, 6.45) is 2.43. The molecule has 1 aromatic rings. The van der Waals surface area contributed by atoms with Crippen LogP contribution in [0.25, 0.3) is 0 Å². The standard InChI is InChI=1S/C12H17NO4/c1-9(12(15)16)8-13(2)11(14)6-5-10-4-3-7-17-10/h3-4,7,9H,5-6,8H2,1-2H3,(H,15,16). The molecule has 5 nitrogen and oxygen atoms in total. The third-order valence-electron chi connectivity index (χ3n) is 2.56. The molecule has 0 spiro atoms. The number of nitrogens with zero attached hydrogens (tertiary/aromatic N) is 1. The van der Waals surface area contributed by atoms with E-state index in [1.165, 1.54) is 4.90 Å². The summed E-state index contributed by atoms with van der Waals surface area (Å²) in [6.45, 7) is 1.81. The first-order chi connectivity index (χ1) is 8.00. The van der Waals surface area contributed by atoms with Crippen LogP contribution in [0.1, 0.15) is 19.1 Å². The summed E-state index contributed by atoms with van der Waals surface area (Å²) in [5.74, 6) is -0.754. The van der Waals surface area contributed by atoms with E-state index in [-0.39, 0.29) is 12.5 Å². The van der Waals surface area contributed by atoms with E-state index < -0.39 is 11.9 Å². The highest BCUT2D eigenvalue weighted by atomic mass is 16.4. The second-order valence-corrected chi connectivity index (χ2v) is 4.09. The van der Waals surface area contributed by atoms with Gasteiger partial charge in [-0.1, -0.05) is 6.92 Å². The molecule has 0 aliphatic rings. The smallest absolute Gasteiger partial charge is 0.308 e. The van der Waals surface area contributed by atoms with Crippen LogP contribution in [0.5, 0.6) is 0 Å². The lowest BCUT2D eigenvalue weighted by molar-refractivity contribution is -0.142. The van der Waals surface area contributed by atoms with Crippen LogP contribution < -0.4 is 0 Å². The summed E-state index contributed by atoms with van der Waals surface area (Å²) in [4.78, 5) is 23.8. The fourth-order valence-electron chi connectivity index (χ4n) is 1.47. The quantitative estimate of drug-likeness (QED) is 0.814. The van der Waals surface area contributed by atoms with Gasteiger partial charge < -0.3 is 14.4 Å². The highest BCUT2D eigenvalue weighted by Gasteiger charge is 2.17. The first-order valence-electron chi connectivity index (χ1n) is 5.50. The van der Waals surface area contributed by atoms with Crippen molar-refractivity contribution in [2.45, 2.75) is 19.8 Å². The predicted molar refractivity (Wildman–Crippen MR) is 61.5 cm³/mol. The van der Waals surface area contributed by atoms with E-state index in [1.807, 2.05) is 6.07 Å². The Morgan fingerprint density at radius 3 is 2.76 bits per heavy atom. The molecule has 1 aromatic heterocycles. The lowest BCUT2D eigenvalue weighted by Crippen LogP contribution is -2.33. The van der Waals surface area contributed by atoms with Gasteiger partial charge in [-0.2, -0.15) is 0 Å². The third kappa shape index (κ3) is 4.30. The number of aryl methyl sites for hydroxylation is 1. The molecule has 94 valence electrons. The molecular formula is C12H17NO4. The maximum Gasteiger partial charge on any atom is 0.308 e. The summed E-state index contributed by atoms with van der Waals surface area (Å²) >= 11 is 0. The maximum absolute atomic E-state index is 11.7. The van der Waals surface area contributed by atoms with Crippen molar-refractivity contribution in [3.8, 4) is 0 Å². The van der Waals surface area contributed by atoms with Gasteiger partial charge in [-0.25, -0.2) is 0 Å². The molecule has 0 saturated carbocycles. The van der Waals surface area contributed by atoms with E-state index in [0.717, 1.165) is 5.76 Å². The SMILES string of the molecule is CC(CN(C)C(=O)CCc1ccco1)C(=O)O. The molecule has 0 radical (unpaired) electrons. The number of rotatable bonds is 6. The summed E-state index contributed by atoms with van der Waals surface area (Å²) in [6, 6.07) is 3.59. The largest absolute Gasteiger partial charge is 0.481 e. The number of aliphatic carboxylic acids is 1. The normalized spacial score (nSPS) is 12.1. The highest BCUT2D eigenvalue weighted by molar-refractivity contribution is 5.77. The number of hydrogen-bond acceptors (Lipinski definition) is 3. The first kappa shape index (κ1) is 13.3. The van der Waals surface area contributed by atoms with Gasteiger partial charge in [0.2, 0.25) is 5.91 Å². The minimum Gasteiger partial charge on any atom is -0.481 e. The fourth-order valence-corrected chi connectivity index (χ4v) is 1.47. The maximum atomic E-state index is 11.7. The van der Waals surface area contributed by atoms with E-state index in [1.54, 1.807) is 26.3 Å². The molecule has 0 bridgehead atoms. The third-order valence-corrected chi connectivity index (χ3v) is 2.56. The molecule has 17 heavy (non-hydrogen) atoms. The van der Waals surface area contributed by atoms with Crippen LogP contribution in [0.15, 0.2) is 22.8 Å². The van der Waals surface area contributed by atoms with Gasteiger partial charge in [0.25, 0.3) is 0 Å². The van der Waals surface area contributed by atoms with Crippen LogP contribution in [0, 0.1) is 5.92 Å². The Labute approximate surface area is 100 Å². The Morgan fingerprint density at radius 1 is 1.53 bits per heavy atom. The predicted octanol–water partition coefficient (Wildman–Crippen LogP) is 1.39. The Kier molecular flexibility index (Phi) is 4.75. The highest BCUT2D eigenvalue weighted by Crippen LogP contribution is 2.06. The van der Waals surface area contributed by atoms with Crippen LogP contribution in [0.3, 0.4) is 0 Å². The number of carbonyl (C=O) groups is 2. The zero-order valence-corrected chi connectivity index (χ0v) is 10.0. The van der Waals surface area contributed by atoms with Gasteiger partial charge in [-0.3, -0.25) is 9.59 Å². The molecule has 0 aliphatic heterocycles. The van der Waals surface area contributed by atoms with E-state index in [9.17, 15) is 9.59 Å². The number of carboxylic acids is 1. The molecule has 1 N–H and O–H groups in total. The minimum absolute atomic E-state index is 0.0745. The number of carboxylic acid groups (broad SMARTS) is 1. The van der Waals surface area contributed by atoms with E-state index in [2.05, 4.69) is 0 Å². The lowest BCUT2D eigenvalue weighted by atomic mass is 10.1.